The van der Waals surface area contributed by atoms with Gasteiger partial charge >= 0.3 is 0 Å². The molecule has 8 heteroatoms. The lowest BCUT2D eigenvalue weighted by Gasteiger charge is -2.29. The number of carbonyl (C=O) groups excluding carboxylic acids is 3. The second-order valence-corrected chi connectivity index (χ2v) is 7.66. The van der Waals surface area contributed by atoms with Crippen molar-refractivity contribution in [3.8, 4) is 0 Å². The zero-order valence-corrected chi connectivity index (χ0v) is 17.2. The van der Waals surface area contributed by atoms with Gasteiger partial charge in [0.15, 0.2) is 0 Å². The lowest BCUT2D eigenvalue weighted by atomic mass is 10.0. The second-order valence-electron chi connectivity index (χ2n) is 7.66. The van der Waals surface area contributed by atoms with Crippen LogP contribution in [0.4, 0.5) is 0 Å². The van der Waals surface area contributed by atoms with Crippen LogP contribution in [0, 0.1) is 0 Å². The first-order valence-corrected chi connectivity index (χ1v) is 10.2. The predicted octanol–water partition coefficient (Wildman–Crippen LogP) is 0.506. The van der Waals surface area contributed by atoms with E-state index >= 15 is 0 Å². The molecule has 2 heterocycles. The molecule has 2 N–H and O–H groups in total. The SMILES string of the molecule is CNCCCOCCN(C)Cc1cccc2c1C(=O)N(C1CCC(=O)NC1=O)C2. The largest absolute Gasteiger partial charge is 0.380 e. The summed E-state index contributed by atoms with van der Waals surface area (Å²) in [4.78, 5) is 40.5. The minimum Gasteiger partial charge on any atom is -0.380 e. The van der Waals surface area contributed by atoms with Crippen LogP contribution >= 0.6 is 0 Å². The fraction of sp³-hybridized carbons (Fsp3) is 0.571. The van der Waals surface area contributed by atoms with Crippen molar-refractivity contribution in [1.82, 2.24) is 20.4 Å². The summed E-state index contributed by atoms with van der Waals surface area (Å²) in [5, 5.41) is 5.44. The molecule has 1 aromatic rings. The summed E-state index contributed by atoms with van der Waals surface area (Å²) in [6.07, 6.45) is 1.63. The average Bonchev–Trinajstić information content (AvgIpc) is 3.02. The molecular weight excluding hydrogens is 372 g/mol. The minimum atomic E-state index is -0.579. The average molecular weight is 402 g/mol. The number of amides is 3. The first kappa shape index (κ1) is 21.4. The van der Waals surface area contributed by atoms with Crippen LogP contribution in [0.1, 0.15) is 40.7 Å². The highest BCUT2D eigenvalue weighted by Gasteiger charge is 2.39. The Morgan fingerprint density at radius 3 is 2.86 bits per heavy atom. The molecular formula is C21H30N4O4. The van der Waals surface area contributed by atoms with Gasteiger partial charge in [-0.1, -0.05) is 18.2 Å². The summed E-state index contributed by atoms with van der Waals surface area (Å²) in [7, 11) is 3.93. The van der Waals surface area contributed by atoms with Crippen molar-refractivity contribution in [2.75, 3.05) is 40.4 Å². The second kappa shape index (κ2) is 9.96. The molecule has 0 aliphatic carbocycles. The predicted molar refractivity (Wildman–Crippen MR) is 108 cm³/mol. The van der Waals surface area contributed by atoms with Gasteiger partial charge in [-0.15, -0.1) is 0 Å². The molecule has 8 nitrogen and oxygen atoms in total. The number of imide groups is 1. The monoisotopic (exact) mass is 402 g/mol. The van der Waals surface area contributed by atoms with Crippen molar-refractivity contribution in [3.63, 3.8) is 0 Å². The van der Waals surface area contributed by atoms with Crippen molar-refractivity contribution >= 4 is 17.7 Å². The molecule has 2 aliphatic heterocycles. The van der Waals surface area contributed by atoms with Gasteiger partial charge in [-0.25, -0.2) is 0 Å². The van der Waals surface area contributed by atoms with Gasteiger partial charge in [0.25, 0.3) is 5.91 Å². The van der Waals surface area contributed by atoms with Crippen LogP contribution in [-0.4, -0.2) is 74.0 Å². The number of fused-ring (bicyclic) bond motifs is 1. The molecule has 0 spiro atoms. The Morgan fingerprint density at radius 1 is 1.28 bits per heavy atom. The maximum atomic E-state index is 13.1. The molecule has 29 heavy (non-hydrogen) atoms. The highest BCUT2D eigenvalue weighted by Crippen LogP contribution is 2.30. The van der Waals surface area contributed by atoms with Crippen LogP contribution < -0.4 is 10.6 Å². The van der Waals surface area contributed by atoms with Gasteiger partial charge in [-0.3, -0.25) is 24.6 Å². The van der Waals surface area contributed by atoms with Crippen molar-refractivity contribution in [3.05, 3.63) is 34.9 Å². The molecule has 3 rings (SSSR count). The Labute approximate surface area is 171 Å². The van der Waals surface area contributed by atoms with Gasteiger partial charge in [0.1, 0.15) is 6.04 Å². The molecule has 0 aromatic heterocycles. The normalized spacial score (nSPS) is 19.1. The molecule has 2 aliphatic rings. The van der Waals surface area contributed by atoms with E-state index in [-0.39, 0.29) is 24.1 Å². The fourth-order valence-corrected chi connectivity index (χ4v) is 3.87. The van der Waals surface area contributed by atoms with Crippen LogP contribution in [0.25, 0.3) is 0 Å². The van der Waals surface area contributed by atoms with Gasteiger partial charge in [0.2, 0.25) is 11.8 Å². The summed E-state index contributed by atoms with van der Waals surface area (Å²) in [6, 6.07) is 5.28. The Balaban J connectivity index is 1.59. The maximum Gasteiger partial charge on any atom is 0.255 e. The molecule has 0 radical (unpaired) electrons. The number of nitrogens with zero attached hydrogens (tertiary/aromatic N) is 2. The van der Waals surface area contributed by atoms with E-state index in [0.717, 1.165) is 37.2 Å². The van der Waals surface area contributed by atoms with Crippen molar-refractivity contribution < 1.29 is 19.1 Å². The van der Waals surface area contributed by atoms with Gasteiger partial charge in [-0.2, -0.15) is 0 Å². The number of likely N-dealkylation sites (N-methyl/N-ethyl adjacent to an activating group) is 1. The number of rotatable bonds is 10. The highest BCUT2D eigenvalue weighted by atomic mass is 16.5. The zero-order chi connectivity index (χ0) is 20.8. The molecule has 1 fully saturated rings. The summed E-state index contributed by atoms with van der Waals surface area (Å²) >= 11 is 0. The number of hydrogen-bond donors (Lipinski definition) is 2. The minimum absolute atomic E-state index is 0.123. The van der Waals surface area contributed by atoms with Crippen LogP contribution in [0.3, 0.4) is 0 Å². The van der Waals surface area contributed by atoms with Crippen molar-refractivity contribution in [1.29, 1.82) is 0 Å². The first-order valence-electron chi connectivity index (χ1n) is 10.2. The molecule has 1 saturated heterocycles. The fourth-order valence-electron chi connectivity index (χ4n) is 3.87. The molecule has 1 atom stereocenters. The van der Waals surface area contributed by atoms with Crippen LogP contribution in [0.2, 0.25) is 0 Å². The molecule has 0 saturated carbocycles. The van der Waals surface area contributed by atoms with E-state index in [9.17, 15) is 14.4 Å². The van der Waals surface area contributed by atoms with E-state index in [1.165, 1.54) is 0 Å². The molecule has 1 aromatic carbocycles. The molecule has 0 bridgehead atoms. The maximum absolute atomic E-state index is 13.1. The third-order valence-corrected chi connectivity index (χ3v) is 5.41. The lowest BCUT2D eigenvalue weighted by Crippen LogP contribution is -2.52. The van der Waals surface area contributed by atoms with Crippen LogP contribution in [0.15, 0.2) is 18.2 Å². The summed E-state index contributed by atoms with van der Waals surface area (Å²) in [5.41, 5.74) is 2.59. The van der Waals surface area contributed by atoms with E-state index in [1.54, 1.807) is 4.90 Å². The van der Waals surface area contributed by atoms with E-state index < -0.39 is 6.04 Å². The lowest BCUT2D eigenvalue weighted by molar-refractivity contribution is -0.136. The highest BCUT2D eigenvalue weighted by molar-refractivity contribution is 6.05. The molecule has 3 amide bonds. The number of nitrogens with one attached hydrogen (secondary N) is 2. The van der Waals surface area contributed by atoms with Gasteiger partial charge in [0, 0.05) is 38.2 Å². The van der Waals surface area contributed by atoms with Crippen molar-refractivity contribution in [2.45, 2.75) is 38.4 Å². The number of hydrogen-bond acceptors (Lipinski definition) is 6. The molecule has 1 unspecified atom stereocenters. The van der Waals surface area contributed by atoms with Gasteiger partial charge in [0.05, 0.1) is 6.61 Å². The quantitative estimate of drug-likeness (QED) is 0.438. The number of piperidine rings is 1. The Kier molecular flexibility index (Phi) is 7.35. The third kappa shape index (κ3) is 5.20. The Bertz CT molecular complexity index is 767. The smallest absolute Gasteiger partial charge is 0.255 e. The van der Waals surface area contributed by atoms with Gasteiger partial charge in [-0.05, 0) is 44.6 Å². The summed E-state index contributed by atoms with van der Waals surface area (Å²) < 4.78 is 5.65. The standard InChI is InChI=1S/C21H30N4O4/c1-22-9-4-11-29-12-10-24(2)13-15-5-3-6-16-14-25(21(28)19(15)16)17-7-8-18(26)23-20(17)27/h3,5-6,17,22H,4,7-14H2,1-2H3,(H,23,26,27). The number of ether oxygens (including phenoxy) is 1. The van der Waals surface area contributed by atoms with E-state index in [1.807, 2.05) is 32.3 Å². The van der Waals surface area contributed by atoms with Crippen LogP contribution in [-0.2, 0) is 27.4 Å². The van der Waals surface area contributed by atoms with E-state index in [4.69, 9.17) is 4.74 Å². The van der Waals surface area contributed by atoms with Crippen molar-refractivity contribution in [2.24, 2.45) is 0 Å². The zero-order valence-electron chi connectivity index (χ0n) is 17.2. The van der Waals surface area contributed by atoms with E-state index in [0.29, 0.717) is 31.7 Å². The first-order chi connectivity index (χ1) is 14.0. The summed E-state index contributed by atoms with van der Waals surface area (Å²) in [5.74, 6) is -0.774. The third-order valence-electron chi connectivity index (χ3n) is 5.41. The Morgan fingerprint density at radius 2 is 2.10 bits per heavy atom. The van der Waals surface area contributed by atoms with Crippen LogP contribution in [0.5, 0.6) is 0 Å². The van der Waals surface area contributed by atoms with Gasteiger partial charge < -0.3 is 15.0 Å². The summed E-state index contributed by atoms with van der Waals surface area (Å²) in [6.45, 7) is 4.14. The number of benzene rings is 1. The molecule has 158 valence electrons. The topological polar surface area (TPSA) is 91.0 Å². The Hall–Kier alpha value is -2.29. The number of carbonyl (C=O) groups is 3. The van der Waals surface area contributed by atoms with E-state index in [2.05, 4.69) is 15.5 Å².